The van der Waals surface area contributed by atoms with E-state index in [-0.39, 0.29) is 5.54 Å². The monoisotopic (exact) mass is 350 g/mol. The van der Waals surface area contributed by atoms with Gasteiger partial charge in [0, 0.05) is 36.4 Å². The zero-order valence-electron chi connectivity index (χ0n) is 16.3. The molecule has 2 atom stereocenters. The van der Waals surface area contributed by atoms with Gasteiger partial charge in [0.15, 0.2) is 8.24 Å². The van der Waals surface area contributed by atoms with Crippen molar-refractivity contribution in [2.45, 2.75) is 38.4 Å². The van der Waals surface area contributed by atoms with Crippen molar-refractivity contribution in [2.24, 2.45) is 0 Å². The van der Waals surface area contributed by atoms with Crippen LogP contribution in [0, 0.1) is 0 Å². The number of allylic oxidation sites excluding steroid dienone is 1. The molecule has 1 aliphatic rings. The Morgan fingerprint density at radius 1 is 0.920 bits per heavy atom. The minimum absolute atomic E-state index is 0.0699. The van der Waals surface area contributed by atoms with Crippen molar-refractivity contribution < 1.29 is 0 Å². The lowest BCUT2D eigenvalue weighted by Gasteiger charge is -2.40. The summed E-state index contributed by atoms with van der Waals surface area (Å²) in [6, 6.07) is 19.9. The predicted octanol–water partition coefficient (Wildman–Crippen LogP) is 4.10. The molecule has 0 saturated carbocycles. The molecule has 0 bridgehead atoms. The molecule has 0 aliphatic heterocycles. The second-order valence-electron chi connectivity index (χ2n) is 8.45. The van der Waals surface area contributed by atoms with Gasteiger partial charge >= 0.3 is 0 Å². The van der Waals surface area contributed by atoms with Gasteiger partial charge in [0.05, 0.1) is 0 Å². The van der Waals surface area contributed by atoms with Crippen LogP contribution >= 0.6 is 0 Å². The fourth-order valence-corrected chi connectivity index (χ4v) is 8.57. The molecule has 1 aliphatic carbocycles. The van der Waals surface area contributed by atoms with Crippen LogP contribution in [0.25, 0.3) is 5.70 Å². The first kappa shape index (κ1) is 18.0. The van der Waals surface area contributed by atoms with E-state index in [4.69, 9.17) is 0 Å². The normalized spacial score (nSPS) is 19.1. The molecule has 2 unspecified atom stereocenters. The molecule has 0 saturated heterocycles. The molecule has 132 valence electrons. The zero-order chi connectivity index (χ0) is 18.2. The van der Waals surface area contributed by atoms with E-state index in [9.17, 15) is 0 Å². The molecule has 2 aromatic carbocycles. The van der Waals surface area contributed by atoms with Crippen LogP contribution < -0.4 is 10.2 Å². The Hall–Kier alpha value is -1.84. The van der Waals surface area contributed by atoms with Gasteiger partial charge in [0.25, 0.3) is 0 Å². The van der Waals surface area contributed by atoms with E-state index in [1.807, 2.05) is 0 Å². The van der Waals surface area contributed by atoms with E-state index >= 15 is 0 Å². The summed E-state index contributed by atoms with van der Waals surface area (Å²) < 4.78 is 0. The minimum Gasteiger partial charge on any atom is -0.377 e. The Morgan fingerprint density at radius 2 is 1.52 bits per heavy atom. The van der Waals surface area contributed by atoms with Gasteiger partial charge < -0.3 is 9.88 Å². The van der Waals surface area contributed by atoms with Gasteiger partial charge in [-0.05, 0) is 31.5 Å². The SMILES string of the molecule is CN(C)C1=CC([Si](C)(NC(C)(C)C)c2ccccc2)c2ccccc21. The lowest BCUT2D eigenvalue weighted by molar-refractivity contribution is 0.511. The lowest BCUT2D eigenvalue weighted by atomic mass is 10.1. The smallest absolute Gasteiger partial charge is 0.166 e. The van der Waals surface area contributed by atoms with Gasteiger partial charge in [0.2, 0.25) is 0 Å². The average molecular weight is 351 g/mol. The first-order valence-corrected chi connectivity index (χ1v) is 11.6. The van der Waals surface area contributed by atoms with E-state index in [2.05, 4.69) is 112 Å². The lowest BCUT2D eigenvalue weighted by Crippen LogP contribution is -2.66. The zero-order valence-corrected chi connectivity index (χ0v) is 17.3. The van der Waals surface area contributed by atoms with Crippen LogP contribution in [0.1, 0.15) is 37.4 Å². The molecule has 0 heterocycles. The van der Waals surface area contributed by atoms with Gasteiger partial charge in [-0.2, -0.15) is 0 Å². The summed E-state index contributed by atoms with van der Waals surface area (Å²) in [7, 11) is 2.27. The summed E-state index contributed by atoms with van der Waals surface area (Å²) in [6.45, 7) is 9.31. The third kappa shape index (κ3) is 3.44. The Morgan fingerprint density at radius 3 is 2.12 bits per heavy atom. The standard InChI is InChI=1S/C22H30N2Si/c1-22(2,3)23-25(6,17-12-8-7-9-13-17)21-16-20(24(4)5)18-14-10-11-15-19(18)21/h7-16,21,23H,1-6H3. The van der Waals surface area contributed by atoms with Crippen molar-refractivity contribution in [3.8, 4) is 0 Å². The summed E-state index contributed by atoms with van der Waals surface area (Å²) in [6.07, 6.45) is 2.49. The van der Waals surface area contributed by atoms with Crippen LogP contribution in [-0.4, -0.2) is 32.8 Å². The van der Waals surface area contributed by atoms with Crippen molar-refractivity contribution in [1.29, 1.82) is 0 Å². The summed E-state index contributed by atoms with van der Waals surface area (Å²) in [5.74, 6) is 0. The molecular weight excluding hydrogens is 320 g/mol. The second-order valence-corrected chi connectivity index (χ2v) is 12.3. The molecule has 1 N–H and O–H groups in total. The molecule has 2 nitrogen and oxygen atoms in total. The van der Waals surface area contributed by atoms with Crippen molar-refractivity contribution in [1.82, 2.24) is 9.88 Å². The van der Waals surface area contributed by atoms with E-state index in [1.54, 1.807) is 0 Å². The average Bonchev–Trinajstić information content (AvgIpc) is 2.94. The number of hydrogen-bond donors (Lipinski definition) is 1. The third-order valence-electron chi connectivity index (χ3n) is 5.01. The van der Waals surface area contributed by atoms with Crippen molar-refractivity contribution in [3.05, 3.63) is 71.8 Å². The molecule has 3 rings (SSSR count). The Kier molecular flexibility index (Phi) is 4.65. The van der Waals surface area contributed by atoms with E-state index in [0.717, 1.165) is 0 Å². The van der Waals surface area contributed by atoms with E-state index < -0.39 is 8.24 Å². The van der Waals surface area contributed by atoms with Crippen LogP contribution in [0.3, 0.4) is 0 Å². The summed E-state index contributed by atoms with van der Waals surface area (Å²) >= 11 is 0. The molecule has 0 aromatic heterocycles. The molecule has 2 aromatic rings. The number of nitrogens with zero attached hydrogens (tertiary/aromatic N) is 1. The largest absolute Gasteiger partial charge is 0.377 e. The van der Waals surface area contributed by atoms with Crippen LogP contribution in [0.4, 0.5) is 0 Å². The molecule has 25 heavy (non-hydrogen) atoms. The fraction of sp³-hybridized carbons (Fsp3) is 0.364. The van der Waals surface area contributed by atoms with Gasteiger partial charge in [-0.15, -0.1) is 0 Å². The molecule has 0 amide bonds. The summed E-state index contributed by atoms with van der Waals surface area (Å²) in [5, 5.41) is 1.46. The highest BCUT2D eigenvalue weighted by Crippen LogP contribution is 2.41. The quantitative estimate of drug-likeness (QED) is 0.835. The summed E-state index contributed by atoms with van der Waals surface area (Å²) in [4.78, 5) is 6.31. The van der Waals surface area contributed by atoms with Crippen LogP contribution in [-0.2, 0) is 0 Å². The van der Waals surface area contributed by atoms with E-state index in [1.165, 1.54) is 22.0 Å². The maximum atomic E-state index is 4.07. The third-order valence-corrected chi connectivity index (χ3v) is 9.53. The van der Waals surface area contributed by atoms with Crippen molar-refractivity contribution >= 4 is 19.1 Å². The summed E-state index contributed by atoms with van der Waals surface area (Å²) in [5.41, 5.74) is 4.66. The highest BCUT2D eigenvalue weighted by Gasteiger charge is 2.44. The van der Waals surface area contributed by atoms with Crippen molar-refractivity contribution in [3.63, 3.8) is 0 Å². The predicted molar refractivity (Wildman–Crippen MR) is 111 cm³/mol. The van der Waals surface area contributed by atoms with Gasteiger partial charge in [-0.1, -0.05) is 67.2 Å². The molecule has 3 heteroatoms. The molecular formula is C22H30N2Si. The maximum Gasteiger partial charge on any atom is 0.166 e. The Balaban J connectivity index is 2.18. The first-order valence-electron chi connectivity index (χ1n) is 9.06. The van der Waals surface area contributed by atoms with Crippen LogP contribution in [0.2, 0.25) is 6.55 Å². The molecule has 0 fully saturated rings. The van der Waals surface area contributed by atoms with Crippen LogP contribution in [0.5, 0.6) is 0 Å². The van der Waals surface area contributed by atoms with E-state index in [0.29, 0.717) is 5.54 Å². The fourth-order valence-electron chi connectivity index (χ4n) is 4.10. The molecule has 0 radical (unpaired) electrons. The number of benzene rings is 2. The highest BCUT2D eigenvalue weighted by molar-refractivity contribution is 6.90. The Labute approximate surface area is 153 Å². The minimum atomic E-state index is -2.02. The van der Waals surface area contributed by atoms with Crippen LogP contribution in [0.15, 0.2) is 60.7 Å². The molecule has 0 spiro atoms. The second kappa shape index (κ2) is 6.47. The number of fused-ring (bicyclic) bond motifs is 1. The van der Waals surface area contributed by atoms with Gasteiger partial charge in [0.1, 0.15) is 0 Å². The van der Waals surface area contributed by atoms with Gasteiger partial charge in [-0.3, -0.25) is 0 Å². The maximum absolute atomic E-state index is 4.07. The topological polar surface area (TPSA) is 15.3 Å². The number of nitrogens with one attached hydrogen (secondary N) is 1. The van der Waals surface area contributed by atoms with Gasteiger partial charge in [-0.25, -0.2) is 0 Å². The van der Waals surface area contributed by atoms with Crippen molar-refractivity contribution in [2.75, 3.05) is 14.1 Å². The number of hydrogen-bond acceptors (Lipinski definition) is 2. The first-order chi connectivity index (χ1) is 11.7. The Bertz CT molecular complexity index is 774. The number of rotatable bonds is 4. The highest BCUT2D eigenvalue weighted by atomic mass is 28.3.